The number of rotatable bonds is 2. The number of ether oxygens (including phenoxy) is 1. The fourth-order valence-electron chi connectivity index (χ4n) is 2.93. The van der Waals surface area contributed by atoms with Gasteiger partial charge in [-0.1, -0.05) is 41.9 Å². The maximum Gasteiger partial charge on any atom is 0.318 e. The van der Waals surface area contributed by atoms with Gasteiger partial charge in [0.1, 0.15) is 0 Å². The van der Waals surface area contributed by atoms with Crippen LogP contribution in [0.15, 0.2) is 36.4 Å². The number of hydrogen-bond acceptors (Lipinski definition) is 3. The summed E-state index contributed by atoms with van der Waals surface area (Å²) in [7, 11) is 0. The Balaban J connectivity index is 1.78. The number of carbonyl (C=O) groups excluding carboxylic acids is 1. The largest absolute Gasteiger partial charge is 0.360 e. The van der Waals surface area contributed by atoms with E-state index in [1.165, 1.54) is 0 Å². The number of amides is 2. The van der Waals surface area contributed by atoms with E-state index in [9.17, 15) is 4.79 Å². The lowest BCUT2D eigenvalue weighted by atomic mass is 9.99. The Hall–Kier alpha value is -2.29. The van der Waals surface area contributed by atoms with Gasteiger partial charge < -0.3 is 15.0 Å². The number of urea groups is 1. The summed E-state index contributed by atoms with van der Waals surface area (Å²) in [6, 6.07) is 13.3. The van der Waals surface area contributed by atoms with Gasteiger partial charge in [-0.3, -0.25) is 0 Å². The first-order valence-electron chi connectivity index (χ1n) is 7.84. The van der Waals surface area contributed by atoms with E-state index in [2.05, 4.69) is 5.32 Å². The van der Waals surface area contributed by atoms with Crippen molar-refractivity contribution in [3.63, 3.8) is 0 Å². The quantitative estimate of drug-likeness (QED) is 0.907. The van der Waals surface area contributed by atoms with E-state index in [4.69, 9.17) is 21.6 Å². The molecule has 1 aliphatic rings. The standard InChI is InChI=1S/C18H18ClN3O2/c1-12(21-18(23)22-8-9-24-13(10-20)11-22)14-6-7-17(19)16-5-3-2-4-15(14)16/h2-7,12-13H,8-9,11H2,1H3,(H,21,23). The molecule has 0 radical (unpaired) electrons. The van der Waals surface area contributed by atoms with Gasteiger partial charge in [-0.25, -0.2) is 4.79 Å². The molecule has 6 heteroatoms. The Bertz CT molecular complexity index is 802. The first kappa shape index (κ1) is 16.6. The minimum absolute atomic E-state index is 0.178. The fraction of sp³-hybridized carbons (Fsp3) is 0.333. The van der Waals surface area contributed by atoms with Crippen molar-refractivity contribution in [1.29, 1.82) is 5.26 Å². The summed E-state index contributed by atoms with van der Waals surface area (Å²) in [5.41, 5.74) is 1.01. The van der Waals surface area contributed by atoms with E-state index in [1.807, 2.05) is 49.4 Å². The van der Waals surface area contributed by atoms with Gasteiger partial charge in [0.05, 0.1) is 25.3 Å². The minimum Gasteiger partial charge on any atom is -0.360 e. The molecule has 0 bridgehead atoms. The van der Waals surface area contributed by atoms with Crippen LogP contribution in [0.1, 0.15) is 18.5 Å². The molecule has 1 aliphatic heterocycles. The molecule has 2 unspecified atom stereocenters. The lowest BCUT2D eigenvalue weighted by molar-refractivity contribution is 0.0153. The summed E-state index contributed by atoms with van der Waals surface area (Å²) in [5.74, 6) is 0. The van der Waals surface area contributed by atoms with Crippen molar-refractivity contribution < 1.29 is 9.53 Å². The van der Waals surface area contributed by atoms with Crippen LogP contribution in [0.2, 0.25) is 5.02 Å². The molecule has 0 spiro atoms. The molecule has 1 N–H and O–H groups in total. The first-order valence-corrected chi connectivity index (χ1v) is 8.21. The highest BCUT2D eigenvalue weighted by Gasteiger charge is 2.25. The average Bonchev–Trinajstić information content (AvgIpc) is 2.62. The molecule has 2 amide bonds. The second-order valence-corrected chi connectivity index (χ2v) is 6.20. The van der Waals surface area contributed by atoms with Crippen molar-refractivity contribution in [1.82, 2.24) is 10.2 Å². The molecule has 124 valence electrons. The van der Waals surface area contributed by atoms with E-state index in [-0.39, 0.29) is 18.6 Å². The van der Waals surface area contributed by atoms with Crippen molar-refractivity contribution in [3.05, 3.63) is 47.0 Å². The molecule has 3 rings (SSSR count). The molecule has 1 heterocycles. The molecule has 24 heavy (non-hydrogen) atoms. The Kier molecular flexibility index (Phi) is 4.89. The van der Waals surface area contributed by atoms with Crippen LogP contribution in [0.4, 0.5) is 4.79 Å². The third-order valence-corrected chi connectivity index (χ3v) is 4.54. The number of carbonyl (C=O) groups is 1. The normalized spacial score (nSPS) is 18.9. The maximum absolute atomic E-state index is 12.5. The molecule has 0 aromatic heterocycles. The predicted octanol–water partition coefficient (Wildman–Crippen LogP) is 3.49. The Morgan fingerprint density at radius 1 is 1.38 bits per heavy atom. The van der Waals surface area contributed by atoms with Gasteiger partial charge in [0, 0.05) is 17.0 Å². The van der Waals surface area contributed by atoms with E-state index in [1.54, 1.807) is 4.90 Å². The zero-order valence-corrected chi connectivity index (χ0v) is 14.1. The number of hydrogen-bond donors (Lipinski definition) is 1. The predicted molar refractivity (Wildman–Crippen MR) is 92.8 cm³/mol. The number of nitrogens with zero attached hydrogens (tertiary/aromatic N) is 2. The lowest BCUT2D eigenvalue weighted by Gasteiger charge is -2.31. The molecule has 0 saturated carbocycles. The van der Waals surface area contributed by atoms with Gasteiger partial charge in [0.25, 0.3) is 0 Å². The smallest absolute Gasteiger partial charge is 0.318 e. The van der Waals surface area contributed by atoms with Crippen LogP contribution in [0.5, 0.6) is 0 Å². The van der Waals surface area contributed by atoms with Crippen molar-refractivity contribution in [2.45, 2.75) is 19.1 Å². The van der Waals surface area contributed by atoms with Crippen LogP contribution in [0, 0.1) is 11.3 Å². The number of nitrogens with one attached hydrogen (secondary N) is 1. The summed E-state index contributed by atoms with van der Waals surface area (Å²) >= 11 is 6.25. The second-order valence-electron chi connectivity index (χ2n) is 5.79. The van der Waals surface area contributed by atoms with Gasteiger partial charge in [0.15, 0.2) is 6.10 Å². The summed E-state index contributed by atoms with van der Waals surface area (Å²) < 4.78 is 5.27. The molecule has 5 nitrogen and oxygen atoms in total. The van der Waals surface area contributed by atoms with Gasteiger partial charge >= 0.3 is 6.03 Å². The third-order valence-electron chi connectivity index (χ3n) is 4.21. The monoisotopic (exact) mass is 343 g/mol. The summed E-state index contributed by atoms with van der Waals surface area (Å²) in [5, 5.41) is 14.6. The highest BCUT2D eigenvalue weighted by Crippen LogP contribution is 2.29. The number of nitriles is 1. The van der Waals surface area contributed by atoms with Gasteiger partial charge in [-0.05, 0) is 23.9 Å². The SMILES string of the molecule is CC(NC(=O)N1CCOC(C#N)C1)c1ccc(Cl)c2ccccc12. The molecule has 2 aromatic rings. The van der Waals surface area contributed by atoms with E-state index < -0.39 is 6.10 Å². The molecule has 1 fully saturated rings. The van der Waals surface area contributed by atoms with Crippen LogP contribution in [-0.2, 0) is 4.74 Å². The molecule has 2 aromatic carbocycles. The van der Waals surface area contributed by atoms with Crippen LogP contribution in [-0.4, -0.2) is 36.7 Å². The summed E-state index contributed by atoms with van der Waals surface area (Å²) in [6.07, 6.45) is -0.559. The zero-order chi connectivity index (χ0) is 17.1. The highest BCUT2D eigenvalue weighted by atomic mass is 35.5. The Labute approximate surface area is 145 Å². The molecule has 1 saturated heterocycles. The topological polar surface area (TPSA) is 65.4 Å². The molecule has 0 aliphatic carbocycles. The van der Waals surface area contributed by atoms with Gasteiger partial charge in [-0.2, -0.15) is 5.26 Å². The van der Waals surface area contributed by atoms with E-state index in [0.29, 0.717) is 18.2 Å². The minimum atomic E-state index is -0.559. The van der Waals surface area contributed by atoms with Crippen LogP contribution in [0.25, 0.3) is 10.8 Å². The Morgan fingerprint density at radius 2 is 2.12 bits per heavy atom. The second kappa shape index (κ2) is 7.08. The molecular weight excluding hydrogens is 326 g/mol. The molecular formula is C18H18ClN3O2. The highest BCUT2D eigenvalue weighted by molar-refractivity contribution is 6.35. The average molecular weight is 344 g/mol. The van der Waals surface area contributed by atoms with Crippen LogP contribution < -0.4 is 5.32 Å². The summed E-state index contributed by atoms with van der Waals surface area (Å²) in [4.78, 5) is 14.1. The summed E-state index contributed by atoms with van der Waals surface area (Å²) in [6.45, 7) is 3.09. The van der Waals surface area contributed by atoms with Gasteiger partial charge in [0.2, 0.25) is 0 Å². The van der Waals surface area contributed by atoms with Crippen molar-refractivity contribution in [2.75, 3.05) is 19.7 Å². The number of fused-ring (bicyclic) bond motifs is 1. The van der Waals surface area contributed by atoms with Crippen molar-refractivity contribution in [3.8, 4) is 6.07 Å². The fourth-order valence-corrected chi connectivity index (χ4v) is 3.16. The third kappa shape index (κ3) is 3.30. The Morgan fingerprint density at radius 3 is 2.88 bits per heavy atom. The van der Waals surface area contributed by atoms with Gasteiger partial charge in [-0.15, -0.1) is 0 Å². The van der Waals surface area contributed by atoms with E-state index in [0.717, 1.165) is 16.3 Å². The molecule has 2 atom stereocenters. The zero-order valence-electron chi connectivity index (χ0n) is 13.3. The van der Waals surface area contributed by atoms with E-state index >= 15 is 0 Å². The first-order chi connectivity index (χ1) is 11.6. The van der Waals surface area contributed by atoms with Crippen molar-refractivity contribution in [2.24, 2.45) is 0 Å². The van der Waals surface area contributed by atoms with Crippen molar-refractivity contribution >= 4 is 28.4 Å². The van der Waals surface area contributed by atoms with Crippen LogP contribution in [0.3, 0.4) is 0 Å². The van der Waals surface area contributed by atoms with Crippen LogP contribution >= 0.6 is 11.6 Å². The lowest BCUT2D eigenvalue weighted by Crippen LogP contribution is -2.49. The number of benzene rings is 2. The number of halogens is 1. The number of morpholine rings is 1. The maximum atomic E-state index is 12.5.